The number of pyridine rings is 1. The Morgan fingerprint density at radius 1 is 1.11 bits per heavy atom. The molecule has 0 atom stereocenters. The van der Waals surface area contributed by atoms with Crippen LogP contribution >= 0.6 is 11.8 Å². The normalized spacial score (nSPS) is 10.4. The van der Waals surface area contributed by atoms with E-state index in [1.807, 2.05) is 26.0 Å². The largest absolute Gasteiger partial charge is 0.467 e. The lowest BCUT2D eigenvalue weighted by molar-refractivity contribution is 0.374. The molecule has 2 rings (SSSR count). The van der Waals surface area contributed by atoms with Gasteiger partial charge in [0, 0.05) is 5.69 Å². The van der Waals surface area contributed by atoms with Gasteiger partial charge in [0.25, 0.3) is 0 Å². The van der Waals surface area contributed by atoms with E-state index in [0.29, 0.717) is 5.16 Å². The average molecular weight is 263 g/mol. The van der Waals surface area contributed by atoms with Crippen LogP contribution in [0.3, 0.4) is 0 Å². The summed E-state index contributed by atoms with van der Waals surface area (Å²) in [6.07, 6.45) is 0. The third-order valence-electron chi connectivity index (χ3n) is 2.06. The lowest BCUT2D eigenvalue weighted by atomic mass is 10.3. The van der Waals surface area contributed by atoms with E-state index in [0.717, 1.165) is 16.3 Å². The number of aromatic nitrogens is 4. The van der Waals surface area contributed by atoms with Crippen molar-refractivity contribution in [3.63, 3.8) is 0 Å². The number of ether oxygens (including phenoxy) is 1. The zero-order valence-electron chi connectivity index (χ0n) is 10.3. The molecule has 7 heteroatoms. The first kappa shape index (κ1) is 12.6. The number of methoxy groups -OCH3 is 1. The SMILES string of the molecule is COc1nc(N)nc(Sc2cc(C)cc(C)n2)n1. The Balaban J connectivity index is 2.30. The van der Waals surface area contributed by atoms with Gasteiger partial charge in [-0.05, 0) is 43.3 Å². The summed E-state index contributed by atoms with van der Waals surface area (Å²) in [6, 6.07) is 4.17. The van der Waals surface area contributed by atoms with E-state index in [2.05, 4.69) is 19.9 Å². The monoisotopic (exact) mass is 263 g/mol. The van der Waals surface area contributed by atoms with Gasteiger partial charge in [-0.15, -0.1) is 0 Å². The molecule has 2 aromatic heterocycles. The molecule has 0 aliphatic carbocycles. The Morgan fingerprint density at radius 3 is 2.56 bits per heavy atom. The number of hydrogen-bond acceptors (Lipinski definition) is 7. The van der Waals surface area contributed by atoms with Crippen LogP contribution in [0.2, 0.25) is 0 Å². The number of hydrogen-bond donors (Lipinski definition) is 1. The molecule has 2 aromatic rings. The minimum Gasteiger partial charge on any atom is -0.467 e. The molecule has 2 heterocycles. The highest BCUT2D eigenvalue weighted by atomic mass is 32.2. The molecule has 0 saturated carbocycles. The van der Waals surface area contributed by atoms with E-state index in [9.17, 15) is 0 Å². The standard InChI is InChI=1S/C11H13N5OS/c1-6-4-7(2)13-8(5-6)18-11-15-9(12)14-10(16-11)17-3/h4-5H,1-3H3,(H2,12,14,15,16). The molecule has 0 saturated heterocycles. The van der Waals surface area contributed by atoms with Crippen molar-refractivity contribution in [3.8, 4) is 6.01 Å². The molecule has 0 radical (unpaired) electrons. The van der Waals surface area contributed by atoms with Crippen LogP contribution < -0.4 is 10.5 Å². The van der Waals surface area contributed by atoms with E-state index >= 15 is 0 Å². The van der Waals surface area contributed by atoms with Crippen molar-refractivity contribution >= 4 is 17.7 Å². The smallest absolute Gasteiger partial charge is 0.321 e. The van der Waals surface area contributed by atoms with Gasteiger partial charge in [-0.3, -0.25) is 0 Å². The third kappa shape index (κ3) is 3.07. The zero-order valence-corrected chi connectivity index (χ0v) is 11.2. The molecule has 0 aliphatic heterocycles. The van der Waals surface area contributed by atoms with Gasteiger partial charge in [0.1, 0.15) is 5.03 Å². The van der Waals surface area contributed by atoms with E-state index in [4.69, 9.17) is 10.5 Å². The van der Waals surface area contributed by atoms with Crippen LogP contribution in [-0.2, 0) is 0 Å². The number of rotatable bonds is 3. The summed E-state index contributed by atoms with van der Waals surface area (Å²) >= 11 is 1.33. The Labute approximate surface area is 109 Å². The van der Waals surface area contributed by atoms with Crippen molar-refractivity contribution in [2.75, 3.05) is 12.8 Å². The van der Waals surface area contributed by atoms with E-state index in [1.54, 1.807) is 0 Å². The first-order valence-electron chi connectivity index (χ1n) is 5.25. The van der Waals surface area contributed by atoms with Gasteiger partial charge in [0.15, 0.2) is 0 Å². The first-order chi connectivity index (χ1) is 8.56. The number of nitrogen functional groups attached to an aromatic ring is 1. The molecule has 0 aliphatic rings. The highest BCUT2D eigenvalue weighted by molar-refractivity contribution is 7.99. The quantitative estimate of drug-likeness (QED) is 0.900. The lowest BCUT2D eigenvalue weighted by Crippen LogP contribution is -2.02. The molecule has 94 valence electrons. The van der Waals surface area contributed by atoms with Gasteiger partial charge in [0.2, 0.25) is 11.1 Å². The Kier molecular flexibility index (Phi) is 3.61. The molecular formula is C11H13N5OS. The summed E-state index contributed by atoms with van der Waals surface area (Å²) in [5, 5.41) is 1.29. The van der Waals surface area contributed by atoms with Crippen LogP contribution in [0.1, 0.15) is 11.3 Å². The second kappa shape index (κ2) is 5.18. The molecule has 0 amide bonds. The topological polar surface area (TPSA) is 86.8 Å². The predicted molar refractivity (Wildman–Crippen MR) is 68.6 cm³/mol. The molecule has 0 bridgehead atoms. The number of nitrogens with two attached hydrogens (primary N) is 1. The highest BCUT2D eigenvalue weighted by Crippen LogP contribution is 2.25. The van der Waals surface area contributed by atoms with E-state index in [1.165, 1.54) is 18.9 Å². The summed E-state index contributed by atoms with van der Waals surface area (Å²) in [7, 11) is 1.48. The van der Waals surface area contributed by atoms with Crippen molar-refractivity contribution in [1.29, 1.82) is 0 Å². The first-order valence-corrected chi connectivity index (χ1v) is 6.07. The maximum absolute atomic E-state index is 5.57. The van der Waals surface area contributed by atoms with Crippen LogP contribution in [0.5, 0.6) is 6.01 Å². The van der Waals surface area contributed by atoms with Crippen LogP contribution in [0.4, 0.5) is 5.95 Å². The van der Waals surface area contributed by atoms with Crippen molar-refractivity contribution < 1.29 is 4.74 Å². The van der Waals surface area contributed by atoms with Crippen molar-refractivity contribution in [3.05, 3.63) is 23.4 Å². The summed E-state index contributed by atoms with van der Waals surface area (Å²) in [4.78, 5) is 16.4. The van der Waals surface area contributed by atoms with Crippen LogP contribution in [0.15, 0.2) is 22.3 Å². The van der Waals surface area contributed by atoms with E-state index in [-0.39, 0.29) is 12.0 Å². The van der Waals surface area contributed by atoms with Crippen molar-refractivity contribution in [2.24, 2.45) is 0 Å². The fraction of sp³-hybridized carbons (Fsp3) is 0.273. The molecule has 0 fully saturated rings. The molecule has 0 spiro atoms. The fourth-order valence-electron chi connectivity index (χ4n) is 1.44. The Morgan fingerprint density at radius 2 is 1.89 bits per heavy atom. The maximum Gasteiger partial charge on any atom is 0.321 e. The van der Waals surface area contributed by atoms with Gasteiger partial charge >= 0.3 is 6.01 Å². The second-order valence-corrected chi connectivity index (χ2v) is 4.68. The van der Waals surface area contributed by atoms with Crippen LogP contribution in [0, 0.1) is 13.8 Å². The summed E-state index contributed by atoms with van der Waals surface area (Å²) in [5.74, 6) is 0.133. The van der Waals surface area contributed by atoms with Gasteiger partial charge in [-0.2, -0.15) is 15.0 Å². The number of anilines is 1. The third-order valence-corrected chi connectivity index (χ3v) is 2.85. The molecular weight excluding hydrogens is 250 g/mol. The van der Waals surface area contributed by atoms with Gasteiger partial charge < -0.3 is 10.5 Å². The number of nitrogens with zero attached hydrogens (tertiary/aromatic N) is 4. The fourth-order valence-corrected chi connectivity index (χ4v) is 2.32. The zero-order chi connectivity index (χ0) is 13.1. The second-order valence-electron chi connectivity index (χ2n) is 3.69. The molecule has 0 unspecified atom stereocenters. The van der Waals surface area contributed by atoms with Gasteiger partial charge in [0.05, 0.1) is 7.11 Å². The molecule has 0 aromatic carbocycles. The summed E-state index contributed by atoms with van der Waals surface area (Å²) < 4.78 is 4.94. The molecule has 2 N–H and O–H groups in total. The van der Waals surface area contributed by atoms with E-state index < -0.39 is 0 Å². The molecule has 18 heavy (non-hydrogen) atoms. The van der Waals surface area contributed by atoms with Crippen LogP contribution in [0.25, 0.3) is 0 Å². The van der Waals surface area contributed by atoms with Crippen molar-refractivity contribution in [2.45, 2.75) is 24.0 Å². The molecule has 6 nitrogen and oxygen atoms in total. The van der Waals surface area contributed by atoms with Gasteiger partial charge in [-0.1, -0.05) is 0 Å². The lowest BCUT2D eigenvalue weighted by Gasteiger charge is -2.04. The average Bonchev–Trinajstić information content (AvgIpc) is 2.26. The minimum atomic E-state index is 0.133. The van der Waals surface area contributed by atoms with Crippen molar-refractivity contribution in [1.82, 2.24) is 19.9 Å². The summed E-state index contributed by atoms with van der Waals surface area (Å²) in [5.41, 5.74) is 7.66. The minimum absolute atomic E-state index is 0.133. The maximum atomic E-state index is 5.57. The Bertz CT molecular complexity index is 555. The predicted octanol–water partition coefficient (Wildman–Crippen LogP) is 1.63. The number of aryl methyl sites for hydroxylation is 2. The summed E-state index contributed by atoms with van der Waals surface area (Å²) in [6.45, 7) is 3.96. The van der Waals surface area contributed by atoms with Gasteiger partial charge in [-0.25, -0.2) is 4.98 Å². The Hall–Kier alpha value is -1.89. The highest BCUT2D eigenvalue weighted by Gasteiger charge is 2.08. The van der Waals surface area contributed by atoms with Crippen LogP contribution in [-0.4, -0.2) is 27.0 Å².